The third-order valence-corrected chi connectivity index (χ3v) is 3.72. The Morgan fingerprint density at radius 2 is 2.05 bits per heavy atom. The van der Waals surface area contributed by atoms with Gasteiger partial charge >= 0.3 is 0 Å². The van der Waals surface area contributed by atoms with Crippen LogP contribution >= 0.6 is 12.4 Å². The van der Waals surface area contributed by atoms with Gasteiger partial charge in [0.1, 0.15) is 11.3 Å². The number of para-hydroxylation sites is 1. The number of carbonyl (C=O) groups excluding carboxylic acids is 1. The van der Waals surface area contributed by atoms with Crippen LogP contribution in [0.5, 0.6) is 0 Å². The van der Waals surface area contributed by atoms with Crippen LogP contribution in [-0.4, -0.2) is 24.4 Å². The van der Waals surface area contributed by atoms with Gasteiger partial charge in [-0.2, -0.15) is 0 Å². The van der Waals surface area contributed by atoms with Crippen LogP contribution in [0.4, 0.5) is 0 Å². The Hall–Kier alpha value is -1.52. The Bertz CT molecular complexity index is 610. The van der Waals surface area contributed by atoms with Gasteiger partial charge in [-0.05, 0) is 12.5 Å². The number of furan rings is 1. The average molecular weight is 325 g/mol. The van der Waals surface area contributed by atoms with E-state index in [0.29, 0.717) is 19.5 Å². The van der Waals surface area contributed by atoms with Crippen LogP contribution < -0.4 is 5.73 Å². The maximum Gasteiger partial charge on any atom is 0.223 e. The van der Waals surface area contributed by atoms with Crippen molar-refractivity contribution in [3.05, 3.63) is 35.6 Å². The van der Waals surface area contributed by atoms with Crippen molar-refractivity contribution in [1.29, 1.82) is 0 Å². The van der Waals surface area contributed by atoms with Crippen LogP contribution in [0.25, 0.3) is 11.0 Å². The topological polar surface area (TPSA) is 59.5 Å². The molecule has 0 aliphatic carbocycles. The summed E-state index contributed by atoms with van der Waals surface area (Å²) in [6, 6.07) is 8.02. The standard InChI is InChI=1S/C17H24N2O2.ClH/c1-3-4-8-16-14(12-19(2)17(20)10-11-18)13-7-5-6-9-15(13)21-16;/h5-7,9H,3-4,8,10-12,18H2,1-2H3;1H. The molecule has 1 amide bonds. The van der Waals surface area contributed by atoms with Crippen LogP contribution in [0.1, 0.15) is 37.5 Å². The summed E-state index contributed by atoms with van der Waals surface area (Å²) >= 11 is 0. The maximum atomic E-state index is 11.9. The molecule has 2 N–H and O–H groups in total. The van der Waals surface area contributed by atoms with E-state index in [1.165, 1.54) is 0 Å². The summed E-state index contributed by atoms with van der Waals surface area (Å²) in [6.45, 7) is 3.13. The molecule has 0 aliphatic rings. The molecule has 0 saturated carbocycles. The number of benzene rings is 1. The number of hydrogen-bond donors (Lipinski definition) is 1. The van der Waals surface area contributed by atoms with Gasteiger partial charge in [-0.1, -0.05) is 31.5 Å². The molecule has 0 atom stereocenters. The Morgan fingerprint density at radius 3 is 2.73 bits per heavy atom. The summed E-state index contributed by atoms with van der Waals surface area (Å²) in [5.41, 5.74) is 7.49. The third-order valence-electron chi connectivity index (χ3n) is 3.72. The summed E-state index contributed by atoms with van der Waals surface area (Å²) in [7, 11) is 1.82. The number of aryl methyl sites for hydroxylation is 1. The van der Waals surface area contributed by atoms with E-state index in [9.17, 15) is 4.79 Å². The zero-order valence-corrected chi connectivity index (χ0v) is 14.1. The predicted octanol–water partition coefficient (Wildman–Crippen LogP) is 3.50. The van der Waals surface area contributed by atoms with Crippen molar-refractivity contribution in [2.45, 2.75) is 39.2 Å². The first kappa shape index (κ1) is 18.5. The van der Waals surface area contributed by atoms with Crippen LogP contribution in [0.2, 0.25) is 0 Å². The molecular weight excluding hydrogens is 300 g/mol. The van der Waals surface area contributed by atoms with Crippen LogP contribution in [0.3, 0.4) is 0 Å². The Balaban J connectivity index is 0.00000242. The molecule has 122 valence electrons. The van der Waals surface area contributed by atoms with E-state index in [0.717, 1.165) is 41.6 Å². The summed E-state index contributed by atoms with van der Waals surface area (Å²) in [5.74, 6) is 1.08. The fourth-order valence-electron chi connectivity index (χ4n) is 2.50. The average Bonchev–Trinajstić information content (AvgIpc) is 2.83. The molecule has 5 heteroatoms. The molecule has 0 saturated heterocycles. The summed E-state index contributed by atoms with van der Waals surface area (Å²) < 4.78 is 5.98. The zero-order chi connectivity index (χ0) is 15.2. The first-order valence-corrected chi connectivity index (χ1v) is 7.60. The molecule has 4 nitrogen and oxygen atoms in total. The molecule has 0 aliphatic heterocycles. The second kappa shape index (κ2) is 8.81. The van der Waals surface area contributed by atoms with Gasteiger partial charge in [0.25, 0.3) is 0 Å². The highest BCUT2D eigenvalue weighted by molar-refractivity contribution is 5.85. The zero-order valence-electron chi connectivity index (χ0n) is 13.3. The lowest BCUT2D eigenvalue weighted by atomic mass is 10.1. The van der Waals surface area contributed by atoms with Crippen LogP contribution in [-0.2, 0) is 17.8 Å². The number of hydrogen-bond acceptors (Lipinski definition) is 3. The van der Waals surface area contributed by atoms with Crippen molar-refractivity contribution in [2.24, 2.45) is 5.73 Å². The quantitative estimate of drug-likeness (QED) is 0.848. The Labute approximate surface area is 138 Å². The van der Waals surface area contributed by atoms with E-state index in [1.807, 2.05) is 25.2 Å². The van der Waals surface area contributed by atoms with E-state index in [-0.39, 0.29) is 18.3 Å². The number of nitrogens with two attached hydrogens (primary N) is 1. The van der Waals surface area contributed by atoms with Crippen molar-refractivity contribution < 1.29 is 9.21 Å². The number of rotatable bonds is 7. The largest absolute Gasteiger partial charge is 0.461 e. The first-order valence-electron chi connectivity index (χ1n) is 7.60. The highest BCUT2D eigenvalue weighted by Gasteiger charge is 2.17. The van der Waals surface area contributed by atoms with E-state index in [1.54, 1.807) is 4.90 Å². The summed E-state index contributed by atoms with van der Waals surface area (Å²) in [4.78, 5) is 13.7. The number of amides is 1. The smallest absolute Gasteiger partial charge is 0.223 e. The summed E-state index contributed by atoms with van der Waals surface area (Å²) in [6.07, 6.45) is 3.52. The molecule has 0 bridgehead atoms. The lowest BCUT2D eigenvalue weighted by Gasteiger charge is -2.17. The van der Waals surface area contributed by atoms with E-state index in [2.05, 4.69) is 13.0 Å². The van der Waals surface area contributed by atoms with Crippen LogP contribution in [0.15, 0.2) is 28.7 Å². The van der Waals surface area contributed by atoms with Gasteiger partial charge in [-0.15, -0.1) is 12.4 Å². The third kappa shape index (κ3) is 4.24. The predicted molar refractivity (Wildman–Crippen MR) is 92.2 cm³/mol. The SMILES string of the molecule is CCCCc1oc2ccccc2c1CN(C)C(=O)CCN.Cl. The van der Waals surface area contributed by atoms with Crippen molar-refractivity contribution in [1.82, 2.24) is 4.90 Å². The normalized spacial score (nSPS) is 10.5. The lowest BCUT2D eigenvalue weighted by molar-refractivity contribution is -0.130. The molecule has 2 aromatic rings. The van der Waals surface area contributed by atoms with E-state index >= 15 is 0 Å². The van der Waals surface area contributed by atoms with Crippen LogP contribution in [0, 0.1) is 0 Å². The van der Waals surface area contributed by atoms with Crippen molar-refractivity contribution in [2.75, 3.05) is 13.6 Å². The number of nitrogens with zero attached hydrogens (tertiary/aromatic N) is 1. The van der Waals surface area contributed by atoms with Gasteiger partial charge in [-0.25, -0.2) is 0 Å². The number of fused-ring (bicyclic) bond motifs is 1. The molecule has 0 spiro atoms. The molecule has 1 aromatic heterocycles. The molecule has 0 unspecified atom stereocenters. The minimum absolute atomic E-state index is 0. The van der Waals surface area contributed by atoms with Gasteiger partial charge < -0.3 is 15.1 Å². The molecule has 1 heterocycles. The van der Waals surface area contributed by atoms with Crippen molar-refractivity contribution in [3.63, 3.8) is 0 Å². The van der Waals surface area contributed by atoms with E-state index < -0.39 is 0 Å². The van der Waals surface area contributed by atoms with Crippen molar-refractivity contribution >= 4 is 29.3 Å². The highest BCUT2D eigenvalue weighted by Crippen LogP contribution is 2.28. The minimum Gasteiger partial charge on any atom is -0.461 e. The van der Waals surface area contributed by atoms with Gasteiger partial charge in [0.15, 0.2) is 0 Å². The number of carbonyl (C=O) groups is 1. The lowest BCUT2D eigenvalue weighted by Crippen LogP contribution is -2.28. The molecule has 0 fully saturated rings. The molecule has 2 rings (SSSR count). The highest BCUT2D eigenvalue weighted by atomic mass is 35.5. The van der Waals surface area contributed by atoms with E-state index in [4.69, 9.17) is 10.2 Å². The summed E-state index contributed by atoms with van der Waals surface area (Å²) in [5, 5.41) is 1.11. The molecule has 1 aromatic carbocycles. The fourth-order valence-corrected chi connectivity index (χ4v) is 2.50. The monoisotopic (exact) mass is 324 g/mol. The maximum absolute atomic E-state index is 11.9. The minimum atomic E-state index is 0. The van der Waals surface area contributed by atoms with Gasteiger partial charge in [0.2, 0.25) is 5.91 Å². The number of unbranched alkanes of at least 4 members (excludes halogenated alkanes) is 1. The molecule has 0 radical (unpaired) electrons. The van der Waals surface area contributed by atoms with Crippen molar-refractivity contribution in [3.8, 4) is 0 Å². The van der Waals surface area contributed by atoms with Gasteiger partial charge in [-0.3, -0.25) is 4.79 Å². The number of halogens is 1. The fraction of sp³-hybridized carbons (Fsp3) is 0.471. The second-order valence-electron chi connectivity index (χ2n) is 5.39. The van der Waals surface area contributed by atoms with Gasteiger partial charge in [0, 0.05) is 43.9 Å². The Morgan fingerprint density at radius 1 is 1.32 bits per heavy atom. The second-order valence-corrected chi connectivity index (χ2v) is 5.39. The van der Waals surface area contributed by atoms with Gasteiger partial charge in [0.05, 0.1) is 0 Å². The molecule has 22 heavy (non-hydrogen) atoms. The first-order chi connectivity index (χ1) is 10.2. The Kier molecular flexibility index (Phi) is 7.42. The molecular formula is C17H25ClN2O2.